The van der Waals surface area contributed by atoms with Gasteiger partial charge in [-0.15, -0.1) is 0 Å². The van der Waals surface area contributed by atoms with E-state index in [1.54, 1.807) is 12.3 Å². The van der Waals surface area contributed by atoms with Crippen molar-refractivity contribution in [2.75, 3.05) is 18.0 Å². The molecule has 0 radical (unpaired) electrons. The molecule has 1 N–H and O–H groups in total. The van der Waals surface area contributed by atoms with E-state index >= 15 is 0 Å². The van der Waals surface area contributed by atoms with E-state index in [9.17, 15) is 9.18 Å². The van der Waals surface area contributed by atoms with Crippen LogP contribution in [0.5, 0.6) is 0 Å². The van der Waals surface area contributed by atoms with Gasteiger partial charge in [0, 0.05) is 25.8 Å². The van der Waals surface area contributed by atoms with Crippen LogP contribution in [0.1, 0.15) is 31.2 Å². The van der Waals surface area contributed by atoms with Crippen LogP contribution in [0.3, 0.4) is 0 Å². The Bertz CT molecular complexity index is 767. The van der Waals surface area contributed by atoms with Crippen molar-refractivity contribution in [1.29, 1.82) is 0 Å². The van der Waals surface area contributed by atoms with E-state index in [1.807, 2.05) is 26.0 Å². The zero-order chi connectivity index (χ0) is 17.9. The lowest BCUT2D eigenvalue weighted by atomic mass is 9.81. The van der Waals surface area contributed by atoms with Crippen LogP contribution in [0.15, 0.2) is 36.5 Å². The molecule has 3 rings (SSSR count). The molecule has 0 aliphatic carbocycles. The minimum atomic E-state index is -0.496. The molecule has 1 aromatic heterocycles. The summed E-state index contributed by atoms with van der Waals surface area (Å²) in [6.45, 7) is 5.66. The molecule has 1 aliphatic heterocycles. The van der Waals surface area contributed by atoms with Crippen LogP contribution < -0.4 is 10.2 Å². The van der Waals surface area contributed by atoms with E-state index in [1.165, 1.54) is 12.1 Å². The molecule has 0 spiro atoms. The van der Waals surface area contributed by atoms with Gasteiger partial charge in [0.15, 0.2) is 0 Å². The Balaban J connectivity index is 1.66. The van der Waals surface area contributed by atoms with Gasteiger partial charge < -0.3 is 10.2 Å². The zero-order valence-electron chi connectivity index (χ0n) is 14.6. The van der Waals surface area contributed by atoms with Crippen LogP contribution in [-0.4, -0.2) is 29.0 Å². The highest BCUT2D eigenvalue weighted by molar-refractivity contribution is 5.83. The second-order valence-corrected chi connectivity index (χ2v) is 6.86. The molecule has 25 heavy (non-hydrogen) atoms. The van der Waals surface area contributed by atoms with Crippen molar-refractivity contribution in [3.8, 4) is 0 Å². The SMILES string of the molecule is Cc1nccc(N2CCCC(C)(C(=O)NCc3cccc(F)c3)C2)n1. The van der Waals surface area contributed by atoms with E-state index in [-0.39, 0.29) is 11.7 Å². The summed E-state index contributed by atoms with van der Waals surface area (Å²) in [5.74, 6) is 1.28. The van der Waals surface area contributed by atoms with Crippen LogP contribution in [0, 0.1) is 18.2 Å². The van der Waals surface area contributed by atoms with Crippen LogP contribution in [0.25, 0.3) is 0 Å². The summed E-state index contributed by atoms with van der Waals surface area (Å²) < 4.78 is 13.3. The third-order valence-electron chi connectivity index (χ3n) is 4.67. The monoisotopic (exact) mass is 342 g/mol. The summed E-state index contributed by atoms with van der Waals surface area (Å²) in [5.41, 5.74) is 0.265. The minimum absolute atomic E-state index is 0.00719. The van der Waals surface area contributed by atoms with E-state index in [0.717, 1.165) is 36.6 Å². The fourth-order valence-corrected chi connectivity index (χ4v) is 3.28. The lowest BCUT2D eigenvalue weighted by Crippen LogP contribution is -2.50. The summed E-state index contributed by atoms with van der Waals surface area (Å²) in [6, 6.07) is 8.18. The number of nitrogens with one attached hydrogen (secondary N) is 1. The Morgan fingerprint density at radius 2 is 2.24 bits per heavy atom. The summed E-state index contributed by atoms with van der Waals surface area (Å²) in [7, 11) is 0. The zero-order valence-corrected chi connectivity index (χ0v) is 14.6. The Morgan fingerprint density at radius 1 is 1.40 bits per heavy atom. The Labute approximate surface area is 147 Å². The molecule has 2 aromatic rings. The van der Waals surface area contributed by atoms with Gasteiger partial charge in [-0.25, -0.2) is 14.4 Å². The first kappa shape index (κ1) is 17.3. The number of carbonyl (C=O) groups excluding carboxylic acids is 1. The molecule has 0 saturated carbocycles. The van der Waals surface area contributed by atoms with Crippen molar-refractivity contribution in [2.45, 2.75) is 33.2 Å². The second kappa shape index (κ2) is 7.17. The van der Waals surface area contributed by atoms with Crippen molar-refractivity contribution in [2.24, 2.45) is 5.41 Å². The third-order valence-corrected chi connectivity index (χ3v) is 4.67. The summed E-state index contributed by atoms with van der Waals surface area (Å²) in [4.78, 5) is 23.5. The molecule has 1 fully saturated rings. The Hall–Kier alpha value is -2.50. The van der Waals surface area contributed by atoms with Gasteiger partial charge in [0.2, 0.25) is 5.91 Å². The first-order chi connectivity index (χ1) is 12.0. The average molecular weight is 342 g/mol. The Morgan fingerprint density at radius 3 is 3.00 bits per heavy atom. The predicted octanol–water partition coefficient (Wildman–Crippen LogP) is 2.85. The maximum atomic E-state index is 13.3. The fraction of sp³-hybridized carbons (Fsp3) is 0.421. The first-order valence-electron chi connectivity index (χ1n) is 8.54. The second-order valence-electron chi connectivity index (χ2n) is 6.86. The van der Waals surface area contributed by atoms with Gasteiger partial charge in [0.05, 0.1) is 5.41 Å². The molecule has 1 unspecified atom stereocenters. The first-order valence-corrected chi connectivity index (χ1v) is 8.54. The molecule has 1 aromatic carbocycles. The van der Waals surface area contributed by atoms with Crippen LogP contribution in [-0.2, 0) is 11.3 Å². The van der Waals surface area contributed by atoms with Crippen LogP contribution >= 0.6 is 0 Å². The number of nitrogens with zero attached hydrogens (tertiary/aromatic N) is 3. The van der Waals surface area contributed by atoms with Crippen molar-refractivity contribution in [1.82, 2.24) is 15.3 Å². The predicted molar refractivity (Wildman–Crippen MR) is 94.6 cm³/mol. The van der Waals surface area contributed by atoms with Crippen molar-refractivity contribution in [3.63, 3.8) is 0 Å². The lowest BCUT2D eigenvalue weighted by Gasteiger charge is -2.40. The van der Waals surface area contributed by atoms with Crippen LogP contribution in [0.4, 0.5) is 10.2 Å². The van der Waals surface area contributed by atoms with Gasteiger partial charge in [-0.1, -0.05) is 12.1 Å². The van der Waals surface area contributed by atoms with Gasteiger partial charge >= 0.3 is 0 Å². The number of hydrogen-bond acceptors (Lipinski definition) is 4. The van der Waals surface area contributed by atoms with E-state index in [4.69, 9.17) is 0 Å². The van der Waals surface area contributed by atoms with E-state index < -0.39 is 5.41 Å². The number of aromatic nitrogens is 2. The molecule has 132 valence electrons. The molecular weight excluding hydrogens is 319 g/mol. The van der Waals surface area contributed by atoms with Gasteiger partial charge in [0.25, 0.3) is 0 Å². The van der Waals surface area contributed by atoms with Crippen molar-refractivity contribution >= 4 is 11.7 Å². The van der Waals surface area contributed by atoms with Gasteiger partial charge in [0.1, 0.15) is 17.5 Å². The topological polar surface area (TPSA) is 58.1 Å². The largest absolute Gasteiger partial charge is 0.355 e. The quantitative estimate of drug-likeness (QED) is 0.928. The maximum Gasteiger partial charge on any atom is 0.227 e. The number of amides is 1. The fourth-order valence-electron chi connectivity index (χ4n) is 3.28. The van der Waals surface area contributed by atoms with Gasteiger partial charge in [-0.3, -0.25) is 4.79 Å². The molecule has 1 amide bonds. The summed E-state index contributed by atoms with van der Waals surface area (Å²) in [6.07, 6.45) is 3.49. The number of aryl methyl sites for hydroxylation is 1. The number of halogens is 1. The smallest absolute Gasteiger partial charge is 0.227 e. The van der Waals surface area contributed by atoms with Crippen LogP contribution in [0.2, 0.25) is 0 Å². The average Bonchev–Trinajstić information content (AvgIpc) is 2.60. The summed E-state index contributed by atoms with van der Waals surface area (Å²) in [5, 5.41) is 2.95. The molecule has 0 bridgehead atoms. The number of carbonyl (C=O) groups is 1. The highest BCUT2D eigenvalue weighted by Gasteiger charge is 2.38. The third kappa shape index (κ3) is 4.13. The minimum Gasteiger partial charge on any atom is -0.355 e. The van der Waals surface area contributed by atoms with Crippen molar-refractivity contribution < 1.29 is 9.18 Å². The molecule has 5 nitrogen and oxygen atoms in total. The molecule has 1 saturated heterocycles. The van der Waals surface area contributed by atoms with Gasteiger partial charge in [-0.2, -0.15) is 0 Å². The highest BCUT2D eigenvalue weighted by Crippen LogP contribution is 2.32. The molecule has 1 atom stereocenters. The Kier molecular flexibility index (Phi) is 4.97. The normalized spacial score (nSPS) is 20.4. The molecule has 2 heterocycles. The standard InChI is InChI=1S/C19H23FN4O/c1-14-21-9-7-17(23-14)24-10-4-8-19(2,13-24)18(25)22-12-15-5-3-6-16(20)11-15/h3,5-7,9,11H,4,8,10,12-13H2,1-2H3,(H,22,25). The number of anilines is 1. The molecule has 6 heteroatoms. The number of benzene rings is 1. The van der Waals surface area contributed by atoms with E-state index in [2.05, 4.69) is 20.2 Å². The molecular formula is C19H23FN4O. The molecule has 1 aliphatic rings. The maximum absolute atomic E-state index is 13.3. The number of rotatable bonds is 4. The van der Waals surface area contributed by atoms with Gasteiger partial charge in [-0.05, 0) is 50.5 Å². The summed E-state index contributed by atoms with van der Waals surface area (Å²) >= 11 is 0. The highest BCUT2D eigenvalue weighted by atomic mass is 19.1. The number of hydrogen-bond donors (Lipinski definition) is 1. The number of piperidine rings is 1. The van der Waals surface area contributed by atoms with Crippen molar-refractivity contribution in [3.05, 3.63) is 53.7 Å². The van der Waals surface area contributed by atoms with E-state index in [0.29, 0.717) is 13.1 Å². The lowest BCUT2D eigenvalue weighted by molar-refractivity contribution is -0.130.